The first-order chi connectivity index (χ1) is 9.22. The van der Waals surface area contributed by atoms with Gasteiger partial charge in [-0.25, -0.2) is 0 Å². The lowest BCUT2D eigenvalue weighted by molar-refractivity contribution is -0.131. The molecule has 0 radical (unpaired) electrons. The molecule has 1 aliphatic heterocycles. The summed E-state index contributed by atoms with van der Waals surface area (Å²) in [7, 11) is 0. The van der Waals surface area contributed by atoms with Crippen LogP contribution in [0.5, 0.6) is 0 Å². The summed E-state index contributed by atoms with van der Waals surface area (Å²) in [5.74, 6) is 0.260. The number of unbranched alkanes of at least 4 members (excludes halogenated alkanes) is 1. The first kappa shape index (κ1) is 14.8. The Bertz CT molecular complexity index is 290. The third-order valence-corrected chi connectivity index (χ3v) is 4.33. The monoisotopic (exact) mass is 268 g/mol. The molecule has 1 saturated carbocycles. The topological polar surface area (TPSA) is 41.6 Å². The quantitative estimate of drug-likeness (QED) is 0.770. The van der Waals surface area contributed by atoms with Crippen molar-refractivity contribution in [1.82, 2.24) is 10.2 Å². The van der Waals surface area contributed by atoms with Gasteiger partial charge in [-0.1, -0.05) is 32.6 Å². The third-order valence-electron chi connectivity index (χ3n) is 4.33. The number of carbonyl (C=O) groups excluding carboxylic acids is 1. The van der Waals surface area contributed by atoms with E-state index in [4.69, 9.17) is 4.74 Å². The van der Waals surface area contributed by atoms with Gasteiger partial charge < -0.3 is 9.64 Å². The lowest BCUT2D eigenvalue weighted by Gasteiger charge is -2.21. The molecule has 0 aromatic carbocycles. The molecule has 4 nitrogen and oxygen atoms in total. The molecule has 0 spiro atoms. The van der Waals surface area contributed by atoms with E-state index in [1.165, 1.54) is 25.7 Å². The van der Waals surface area contributed by atoms with Gasteiger partial charge in [0.25, 0.3) is 0 Å². The zero-order chi connectivity index (χ0) is 13.7. The highest BCUT2D eigenvalue weighted by atomic mass is 16.5. The van der Waals surface area contributed by atoms with Crippen LogP contribution in [0.15, 0.2) is 0 Å². The van der Waals surface area contributed by atoms with E-state index >= 15 is 0 Å². The van der Waals surface area contributed by atoms with Crippen LogP contribution in [0.1, 0.15) is 58.8 Å². The van der Waals surface area contributed by atoms with Crippen molar-refractivity contribution in [3.63, 3.8) is 0 Å². The average Bonchev–Trinajstić information content (AvgIpc) is 2.99. The van der Waals surface area contributed by atoms with Gasteiger partial charge in [-0.2, -0.15) is 0 Å². The second-order valence-corrected chi connectivity index (χ2v) is 5.85. The van der Waals surface area contributed by atoms with Crippen LogP contribution >= 0.6 is 0 Å². The van der Waals surface area contributed by atoms with Gasteiger partial charge in [0.1, 0.15) is 0 Å². The maximum atomic E-state index is 12.3. The standard InChI is InChI=1S/C15H28N2O2/c1-3-4-9-14-15(18)17(12(2)16-14)10-11-19-13-7-5-6-8-13/h12-14,16H,3-11H2,1-2H3. The molecule has 0 aromatic heterocycles. The Balaban J connectivity index is 1.71. The summed E-state index contributed by atoms with van der Waals surface area (Å²) in [6.45, 7) is 5.64. The number of rotatable bonds is 7. The minimum absolute atomic E-state index is 0.0291. The Kier molecular flexibility index (Phi) is 5.64. The molecular weight excluding hydrogens is 240 g/mol. The molecule has 1 aliphatic carbocycles. The Hall–Kier alpha value is -0.610. The van der Waals surface area contributed by atoms with Gasteiger partial charge in [0.15, 0.2) is 0 Å². The molecule has 4 heteroatoms. The van der Waals surface area contributed by atoms with Crippen molar-refractivity contribution in [3.8, 4) is 0 Å². The van der Waals surface area contributed by atoms with Gasteiger partial charge >= 0.3 is 0 Å². The van der Waals surface area contributed by atoms with Crippen LogP contribution in [-0.4, -0.2) is 42.3 Å². The number of amides is 1. The molecule has 110 valence electrons. The molecule has 2 fully saturated rings. The average molecular weight is 268 g/mol. The van der Waals surface area contributed by atoms with Gasteiger partial charge in [-0.3, -0.25) is 10.1 Å². The minimum Gasteiger partial charge on any atom is -0.376 e. The van der Waals surface area contributed by atoms with Crippen LogP contribution in [-0.2, 0) is 9.53 Å². The van der Waals surface area contributed by atoms with E-state index in [0.29, 0.717) is 12.7 Å². The van der Waals surface area contributed by atoms with E-state index in [9.17, 15) is 4.79 Å². The lowest BCUT2D eigenvalue weighted by atomic mass is 10.1. The maximum Gasteiger partial charge on any atom is 0.241 e. The van der Waals surface area contributed by atoms with E-state index in [0.717, 1.165) is 25.8 Å². The van der Waals surface area contributed by atoms with Crippen molar-refractivity contribution in [1.29, 1.82) is 0 Å². The van der Waals surface area contributed by atoms with Crippen molar-refractivity contribution in [2.24, 2.45) is 0 Å². The minimum atomic E-state index is 0.0291. The van der Waals surface area contributed by atoms with Gasteiger partial charge in [0, 0.05) is 6.54 Å². The van der Waals surface area contributed by atoms with Crippen LogP contribution in [0.25, 0.3) is 0 Å². The molecule has 0 bridgehead atoms. The molecule has 0 aromatic rings. The summed E-state index contributed by atoms with van der Waals surface area (Å²) in [6, 6.07) is 0.0291. The van der Waals surface area contributed by atoms with Gasteiger partial charge in [0.2, 0.25) is 5.91 Å². The molecule has 2 atom stereocenters. The zero-order valence-electron chi connectivity index (χ0n) is 12.4. The highest BCUT2D eigenvalue weighted by Crippen LogP contribution is 2.21. The summed E-state index contributed by atoms with van der Waals surface area (Å²) in [5.41, 5.74) is 0. The molecule has 1 saturated heterocycles. The largest absolute Gasteiger partial charge is 0.376 e. The number of hydrogen-bond acceptors (Lipinski definition) is 3. The molecule has 2 rings (SSSR count). The summed E-state index contributed by atoms with van der Waals surface area (Å²) in [4.78, 5) is 14.2. The van der Waals surface area contributed by atoms with Crippen LogP contribution in [0.2, 0.25) is 0 Å². The fraction of sp³-hybridized carbons (Fsp3) is 0.933. The molecule has 1 heterocycles. The van der Waals surface area contributed by atoms with E-state index in [1.807, 2.05) is 4.90 Å². The van der Waals surface area contributed by atoms with Crippen molar-refractivity contribution >= 4 is 5.91 Å². The Morgan fingerprint density at radius 1 is 1.37 bits per heavy atom. The van der Waals surface area contributed by atoms with Crippen molar-refractivity contribution in [2.45, 2.75) is 77.1 Å². The smallest absolute Gasteiger partial charge is 0.241 e. The SMILES string of the molecule is CCCCC1NC(C)N(CCOC2CCCC2)C1=O. The van der Waals surface area contributed by atoms with Gasteiger partial charge in [-0.15, -0.1) is 0 Å². The lowest BCUT2D eigenvalue weighted by Crippen LogP contribution is -2.37. The fourth-order valence-electron chi connectivity index (χ4n) is 3.14. The molecule has 1 amide bonds. The van der Waals surface area contributed by atoms with Crippen molar-refractivity contribution in [3.05, 3.63) is 0 Å². The van der Waals surface area contributed by atoms with Crippen LogP contribution in [0.4, 0.5) is 0 Å². The van der Waals surface area contributed by atoms with Gasteiger partial charge in [-0.05, 0) is 26.2 Å². The number of hydrogen-bond donors (Lipinski definition) is 1. The summed E-state index contributed by atoms with van der Waals surface area (Å²) >= 11 is 0. The summed E-state index contributed by atoms with van der Waals surface area (Å²) in [5, 5.41) is 3.39. The highest BCUT2D eigenvalue weighted by Gasteiger charge is 2.35. The second kappa shape index (κ2) is 7.25. The zero-order valence-corrected chi connectivity index (χ0v) is 12.4. The van der Waals surface area contributed by atoms with Crippen LogP contribution < -0.4 is 5.32 Å². The van der Waals surface area contributed by atoms with E-state index in [-0.39, 0.29) is 18.1 Å². The van der Waals surface area contributed by atoms with E-state index in [1.54, 1.807) is 0 Å². The van der Waals surface area contributed by atoms with Crippen molar-refractivity contribution in [2.75, 3.05) is 13.2 Å². The van der Waals surface area contributed by atoms with Crippen LogP contribution in [0, 0.1) is 0 Å². The third kappa shape index (κ3) is 3.93. The first-order valence-corrected chi connectivity index (χ1v) is 7.90. The number of ether oxygens (including phenoxy) is 1. The maximum absolute atomic E-state index is 12.3. The molecule has 19 heavy (non-hydrogen) atoms. The predicted octanol–water partition coefficient (Wildman–Crippen LogP) is 2.28. The molecular formula is C15H28N2O2. The van der Waals surface area contributed by atoms with E-state index < -0.39 is 0 Å². The number of nitrogens with zero attached hydrogens (tertiary/aromatic N) is 1. The summed E-state index contributed by atoms with van der Waals surface area (Å²) in [6.07, 6.45) is 8.79. The molecule has 1 N–H and O–H groups in total. The Morgan fingerprint density at radius 3 is 2.79 bits per heavy atom. The number of nitrogens with one attached hydrogen (secondary N) is 1. The predicted molar refractivity (Wildman–Crippen MR) is 75.8 cm³/mol. The van der Waals surface area contributed by atoms with Crippen LogP contribution in [0.3, 0.4) is 0 Å². The Morgan fingerprint density at radius 2 is 2.11 bits per heavy atom. The summed E-state index contributed by atoms with van der Waals surface area (Å²) < 4.78 is 5.86. The first-order valence-electron chi connectivity index (χ1n) is 7.90. The number of carbonyl (C=O) groups is 1. The van der Waals surface area contributed by atoms with E-state index in [2.05, 4.69) is 19.2 Å². The van der Waals surface area contributed by atoms with Gasteiger partial charge in [0.05, 0.1) is 24.9 Å². The Labute approximate surface area is 116 Å². The highest BCUT2D eigenvalue weighted by molar-refractivity contribution is 5.84. The second-order valence-electron chi connectivity index (χ2n) is 5.85. The molecule has 2 unspecified atom stereocenters. The van der Waals surface area contributed by atoms with Crippen molar-refractivity contribution < 1.29 is 9.53 Å². The molecule has 2 aliphatic rings. The fourth-order valence-corrected chi connectivity index (χ4v) is 3.14. The normalized spacial score (nSPS) is 28.5.